The second-order valence-electron chi connectivity index (χ2n) is 4.62. The molecule has 100 valence electrons. The van der Waals surface area contributed by atoms with E-state index in [0.29, 0.717) is 13.2 Å². The third-order valence-electron chi connectivity index (χ3n) is 3.37. The highest BCUT2D eigenvalue weighted by Gasteiger charge is 2.23. The van der Waals surface area contributed by atoms with E-state index in [0.717, 1.165) is 25.9 Å². The molecule has 1 unspecified atom stereocenters. The van der Waals surface area contributed by atoms with E-state index in [-0.39, 0.29) is 11.9 Å². The molecular weight excluding hydrogens is 216 g/mol. The Bertz CT molecular complexity index is 213. The number of hydrogen-bond acceptors (Lipinski definition) is 3. The van der Waals surface area contributed by atoms with Crippen LogP contribution >= 0.6 is 0 Å². The fraction of sp³-hybridized carbons (Fsp3) is 0.923. The fourth-order valence-corrected chi connectivity index (χ4v) is 2.26. The fourth-order valence-electron chi connectivity index (χ4n) is 2.26. The second kappa shape index (κ2) is 8.48. The molecule has 0 aromatic carbocycles. The molecule has 1 N–H and O–H groups in total. The molecule has 0 bridgehead atoms. The Morgan fingerprint density at radius 1 is 1.35 bits per heavy atom. The van der Waals surface area contributed by atoms with Crippen LogP contribution in [0.2, 0.25) is 0 Å². The number of ether oxygens (including phenoxy) is 1. The van der Waals surface area contributed by atoms with E-state index in [1.54, 1.807) is 7.11 Å². The maximum atomic E-state index is 12.3. The van der Waals surface area contributed by atoms with Gasteiger partial charge in [0.05, 0.1) is 12.6 Å². The Labute approximate surface area is 105 Å². The number of hydrogen-bond donors (Lipinski definition) is 1. The van der Waals surface area contributed by atoms with Crippen molar-refractivity contribution in [3.63, 3.8) is 0 Å². The Morgan fingerprint density at radius 2 is 2.12 bits per heavy atom. The number of carbonyl (C=O) groups excluding carboxylic acids is 1. The van der Waals surface area contributed by atoms with Gasteiger partial charge in [-0.25, -0.2) is 0 Å². The van der Waals surface area contributed by atoms with E-state index in [1.165, 1.54) is 19.3 Å². The van der Waals surface area contributed by atoms with Crippen molar-refractivity contribution < 1.29 is 9.53 Å². The zero-order chi connectivity index (χ0) is 12.5. The first-order valence-corrected chi connectivity index (χ1v) is 6.80. The van der Waals surface area contributed by atoms with Gasteiger partial charge in [-0.15, -0.1) is 0 Å². The van der Waals surface area contributed by atoms with Crippen molar-refractivity contribution in [3.8, 4) is 0 Å². The van der Waals surface area contributed by atoms with Gasteiger partial charge in [0.2, 0.25) is 5.91 Å². The maximum absolute atomic E-state index is 12.3. The van der Waals surface area contributed by atoms with E-state index in [2.05, 4.69) is 5.32 Å². The Balaban J connectivity index is 2.45. The molecule has 0 spiro atoms. The van der Waals surface area contributed by atoms with Gasteiger partial charge in [-0.1, -0.05) is 19.3 Å². The molecule has 0 aromatic rings. The van der Waals surface area contributed by atoms with Crippen LogP contribution in [0.25, 0.3) is 0 Å². The van der Waals surface area contributed by atoms with Crippen molar-refractivity contribution in [1.82, 2.24) is 10.2 Å². The van der Waals surface area contributed by atoms with Crippen LogP contribution in [0.15, 0.2) is 0 Å². The molecule has 1 aliphatic heterocycles. The first-order valence-electron chi connectivity index (χ1n) is 6.80. The molecule has 0 radical (unpaired) electrons. The summed E-state index contributed by atoms with van der Waals surface area (Å²) in [7, 11) is 1.67. The lowest BCUT2D eigenvalue weighted by atomic mass is 10.0. The molecule has 4 heteroatoms. The van der Waals surface area contributed by atoms with Crippen molar-refractivity contribution in [1.29, 1.82) is 0 Å². The van der Waals surface area contributed by atoms with Gasteiger partial charge in [0, 0.05) is 20.2 Å². The first-order chi connectivity index (χ1) is 8.29. The molecule has 1 atom stereocenters. The predicted molar refractivity (Wildman–Crippen MR) is 69.0 cm³/mol. The summed E-state index contributed by atoms with van der Waals surface area (Å²) in [5.74, 6) is 0.242. The average molecular weight is 242 g/mol. The van der Waals surface area contributed by atoms with Crippen LogP contribution in [0.5, 0.6) is 0 Å². The number of methoxy groups -OCH3 is 1. The summed E-state index contributed by atoms with van der Waals surface area (Å²) in [6.07, 6.45) is 5.87. The average Bonchev–Trinajstić information content (AvgIpc) is 2.29. The van der Waals surface area contributed by atoms with Crippen LogP contribution in [-0.2, 0) is 9.53 Å². The second-order valence-corrected chi connectivity index (χ2v) is 4.62. The van der Waals surface area contributed by atoms with E-state index in [9.17, 15) is 4.79 Å². The third-order valence-corrected chi connectivity index (χ3v) is 3.37. The van der Waals surface area contributed by atoms with Gasteiger partial charge < -0.3 is 15.0 Å². The molecule has 1 aliphatic rings. The number of nitrogens with zero attached hydrogens (tertiary/aromatic N) is 1. The Hall–Kier alpha value is -0.610. The molecule has 1 rings (SSSR count). The molecule has 1 heterocycles. The first kappa shape index (κ1) is 14.5. The number of amides is 1. The van der Waals surface area contributed by atoms with E-state index < -0.39 is 0 Å². The predicted octanol–water partition coefficient (Wildman–Crippen LogP) is 1.40. The zero-order valence-electron chi connectivity index (χ0n) is 11.2. The van der Waals surface area contributed by atoms with Crippen LogP contribution in [-0.4, -0.2) is 50.2 Å². The normalized spacial score (nSPS) is 21.6. The third kappa shape index (κ3) is 5.04. The summed E-state index contributed by atoms with van der Waals surface area (Å²) < 4.78 is 5.04. The molecule has 0 aliphatic carbocycles. The summed E-state index contributed by atoms with van der Waals surface area (Å²) in [4.78, 5) is 14.2. The van der Waals surface area contributed by atoms with Gasteiger partial charge in [0.25, 0.3) is 0 Å². The van der Waals surface area contributed by atoms with Crippen molar-refractivity contribution in [2.75, 3.05) is 33.4 Å². The van der Waals surface area contributed by atoms with Crippen LogP contribution in [0, 0.1) is 0 Å². The van der Waals surface area contributed by atoms with Crippen molar-refractivity contribution in [2.24, 2.45) is 0 Å². The van der Waals surface area contributed by atoms with Gasteiger partial charge in [-0.05, 0) is 26.3 Å². The van der Waals surface area contributed by atoms with Gasteiger partial charge >= 0.3 is 0 Å². The molecular formula is C13H26N2O2. The highest BCUT2D eigenvalue weighted by molar-refractivity contribution is 5.81. The van der Waals surface area contributed by atoms with Crippen LogP contribution in [0.3, 0.4) is 0 Å². The molecule has 1 amide bonds. The van der Waals surface area contributed by atoms with E-state index in [1.807, 2.05) is 11.8 Å². The Kier molecular flexibility index (Phi) is 7.21. The van der Waals surface area contributed by atoms with Gasteiger partial charge in [-0.2, -0.15) is 0 Å². The lowest BCUT2D eigenvalue weighted by Crippen LogP contribution is -2.48. The van der Waals surface area contributed by atoms with Gasteiger partial charge in [-0.3, -0.25) is 4.79 Å². The summed E-state index contributed by atoms with van der Waals surface area (Å²) in [6.45, 7) is 5.07. The van der Waals surface area contributed by atoms with Crippen molar-refractivity contribution in [3.05, 3.63) is 0 Å². The quantitative estimate of drug-likeness (QED) is 0.792. The zero-order valence-corrected chi connectivity index (χ0v) is 11.2. The number of carbonyl (C=O) groups is 1. The summed E-state index contributed by atoms with van der Waals surface area (Å²) in [6, 6.07) is 0.0205. The number of rotatable bonds is 5. The summed E-state index contributed by atoms with van der Waals surface area (Å²) in [5.41, 5.74) is 0. The summed E-state index contributed by atoms with van der Waals surface area (Å²) >= 11 is 0. The van der Waals surface area contributed by atoms with Crippen LogP contribution in [0.1, 0.15) is 39.0 Å². The van der Waals surface area contributed by atoms with Crippen molar-refractivity contribution >= 4 is 5.91 Å². The minimum absolute atomic E-state index is 0.0205. The molecule has 17 heavy (non-hydrogen) atoms. The van der Waals surface area contributed by atoms with Crippen LogP contribution < -0.4 is 5.32 Å². The summed E-state index contributed by atoms with van der Waals surface area (Å²) in [5, 5.41) is 3.38. The van der Waals surface area contributed by atoms with Crippen molar-refractivity contribution in [2.45, 2.75) is 45.1 Å². The highest BCUT2D eigenvalue weighted by Crippen LogP contribution is 2.11. The monoisotopic (exact) mass is 242 g/mol. The molecule has 0 aromatic heterocycles. The van der Waals surface area contributed by atoms with E-state index in [4.69, 9.17) is 4.74 Å². The Morgan fingerprint density at radius 3 is 2.82 bits per heavy atom. The van der Waals surface area contributed by atoms with Crippen LogP contribution in [0.4, 0.5) is 0 Å². The lowest BCUT2D eigenvalue weighted by Gasteiger charge is -2.28. The standard InChI is InChI=1S/C13H26N2O2/c1-3-15(10-11-17-2)13(16)12-8-6-4-5-7-9-14-12/h12,14H,3-11H2,1-2H3. The SMILES string of the molecule is CCN(CCOC)C(=O)C1CCCCCCN1. The smallest absolute Gasteiger partial charge is 0.239 e. The van der Waals surface area contributed by atoms with Gasteiger partial charge in [0.15, 0.2) is 0 Å². The van der Waals surface area contributed by atoms with E-state index >= 15 is 0 Å². The van der Waals surface area contributed by atoms with Gasteiger partial charge in [0.1, 0.15) is 0 Å². The number of likely N-dealkylation sites (N-methyl/N-ethyl adjacent to an activating group) is 1. The molecule has 0 saturated carbocycles. The topological polar surface area (TPSA) is 41.6 Å². The highest BCUT2D eigenvalue weighted by atomic mass is 16.5. The lowest BCUT2D eigenvalue weighted by molar-refractivity contribution is -0.134. The minimum atomic E-state index is 0.0205. The molecule has 1 fully saturated rings. The maximum Gasteiger partial charge on any atom is 0.239 e. The minimum Gasteiger partial charge on any atom is -0.383 e. The number of nitrogens with one attached hydrogen (secondary N) is 1. The molecule has 4 nitrogen and oxygen atoms in total. The largest absolute Gasteiger partial charge is 0.383 e. The molecule has 1 saturated heterocycles.